The molecule has 96 valence electrons. The van der Waals surface area contributed by atoms with Gasteiger partial charge in [-0.15, -0.1) is 0 Å². The smallest absolute Gasteiger partial charge is 0.347 e. The van der Waals surface area contributed by atoms with Crippen molar-refractivity contribution in [3.8, 4) is 0 Å². The fraction of sp³-hybridized carbons (Fsp3) is 0.400. The summed E-state index contributed by atoms with van der Waals surface area (Å²) in [7, 11) is 0. The van der Waals surface area contributed by atoms with Crippen molar-refractivity contribution in [2.45, 2.75) is 19.9 Å². The zero-order valence-electron chi connectivity index (χ0n) is 9.76. The van der Waals surface area contributed by atoms with E-state index < -0.39 is 23.8 Å². The Balaban J connectivity index is 2.35. The molecule has 2 rings (SSSR count). The molecule has 0 aliphatic carbocycles. The molecule has 2 heterocycles. The van der Waals surface area contributed by atoms with Gasteiger partial charge >= 0.3 is 5.97 Å². The second-order valence-electron chi connectivity index (χ2n) is 3.93. The largest absolute Gasteiger partial charge is 0.477 e. The molecule has 0 saturated carbocycles. The number of piperazine rings is 1. The van der Waals surface area contributed by atoms with Gasteiger partial charge in [-0.3, -0.25) is 14.9 Å². The maximum absolute atomic E-state index is 11.5. The monoisotopic (exact) mass is 269 g/mol. The summed E-state index contributed by atoms with van der Waals surface area (Å²) in [5.74, 6) is -1.88. The van der Waals surface area contributed by atoms with Gasteiger partial charge in [-0.2, -0.15) is 0 Å². The van der Waals surface area contributed by atoms with Crippen LogP contribution in [0.3, 0.4) is 0 Å². The Morgan fingerprint density at radius 2 is 2.22 bits per heavy atom. The number of aryl methyl sites for hydroxylation is 1. The third-order valence-corrected chi connectivity index (χ3v) is 3.83. The van der Waals surface area contributed by atoms with E-state index in [1.807, 2.05) is 0 Å². The Bertz CT molecular complexity index is 539. The second-order valence-corrected chi connectivity index (χ2v) is 4.91. The van der Waals surface area contributed by atoms with Crippen LogP contribution < -0.4 is 10.2 Å². The first-order valence-electron chi connectivity index (χ1n) is 5.21. The van der Waals surface area contributed by atoms with E-state index >= 15 is 0 Å². The number of hydrogen-bond donors (Lipinski definition) is 2. The van der Waals surface area contributed by atoms with Gasteiger partial charge in [0.2, 0.25) is 11.8 Å². The highest BCUT2D eigenvalue weighted by atomic mass is 32.1. The van der Waals surface area contributed by atoms with Crippen molar-refractivity contribution in [1.82, 2.24) is 10.3 Å². The minimum absolute atomic E-state index is 0.00107. The van der Waals surface area contributed by atoms with Crippen LogP contribution >= 0.6 is 11.3 Å². The van der Waals surface area contributed by atoms with E-state index in [2.05, 4.69) is 10.3 Å². The molecule has 8 heteroatoms. The number of rotatable bonds is 2. The van der Waals surface area contributed by atoms with Crippen LogP contribution in [0.5, 0.6) is 0 Å². The van der Waals surface area contributed by atoms with Gasteiger partial charge in [0.25, 0.3) is 0 Å². The lowest BCUT2D eigenvalue weighted by Gasteiger charge is -2.31. The summed E-state index contributed by atoms with van der Waals surface area (Å²) in [6.07, 6.45) is 0. The number of nitrogens with zero attached hydrogens (tertiary/aromatic N) is 2. The van der Waals surface area contributed by atoms with Crippen molar-refractivity contribution in [2.24, 2.45) is 0 Å². The van der Waals surface area contributed by atoms with Gasteiger partial charge in [-0.25, -0.2) is 9.78 Å². The van der Waals surface area contributed by atoms with Gasteiger partial charge in [0.05, 0.1) is 5.69 Å². The Morgan fingerprint density at radius 1 is 1.56 bits per heavy atom. The fourth-order valence-corrected chi connectivity index (χ4v) is 2.64. The molecular formula is C10H11N3O4S. The van der Waals surface area contributed by atoms with Crippen LogP contribution in [-0.2, 0) is 9.59 Å². The third kappa shape index (κ3) is 2.06. The SMILES string of the molecule is Cc1nc(N2CC(=O)NC(=O)C2C)sc1C(=O)O. The van der Waals surface area contributed by atoms with E-state index in [1.165, 1.54) is 4.90 Å². The van der Waals surface area contributed by atoms with Gasteiger partial charge < -0.3 is 10.0 Å². The van der Waals surface area contributed by atoms with Crippen LogP contribution in [0.15, 0.2) is 0 Å². The van der Waals surface area contributed by atoms with E-state index in [9.17, 15) is 14.4 Å². The quantitative estimate of drug-likeness (QED) is 0.733. The predicted molar refractivity (Wildman–Crippen MR) is 63.8 cm³/mol. The van der Waals surface area contributed by atoms with Crippen molar-refractivity contribution in [2.75, 3.05) is 11.4 Å². The second kappa shape index (κ2) is 4.37. The molecule has 1 saturated heterocycles. The van der Waals surface area contributed by atoms with Crippen molar-refractivity contribution in [1.29, 1.82) is 0 Å². The number of carboxylic acids is 1. The highest BCUT2D eigenvalue weighted by Gasteiger charge is 2.32. The van der Waals surface area contributed by atoms with Crippen LogP contribution in [0.2, 0.25) is 0 Å². The Hall–Kier alpha value is -1.96. The summed E-state index contributed by atoms with van der Waals surface area (Å²) in [6.45, 7) is 3.22. The standard InChI is InChI=1S/C10H11N3O4S/c1-4-7(9(16)17)18-10(11-4)13-3-6(14)12-8(15)5(13)2/h5H,3H2,1-2H3,(H,16,17)(H,12,14,15). The van der Waals surface area contributed by atoms with E-state index in [0.29, 0.717) is 10.8 Å². The lowest BCUT2D eigenvalue weighted by molar-refractivity contribution is -0.132. The number of anilines is 1. The molecular weight excluding hydrogens is 258 g/mol. The van der Waals surface area contributed by atoms with Gasteiger partial charge in [-0.05, 0) is 13.8 Å². The Morgan fingerprint density at radius 3 is 2.78 bits per heavy atom. The summed E-state index contributed by atoms with van der Waals surface area (Å²) in [6, 6.07) is -0.546. The molecule has 0 spiro atoms. The van der Waals surface area contributed by atoms with Crippen LogP contribution in [0.1, 0.15) is 22.3 Å². The lowest BCUT2D eigenvalue weighted by atomic mass is 10.2. The Labute approximate surface area is 106 Å². The average molecular weight is 269 g/mol. The molecule has 1 unspecified atom stereocenters. The summed E-state index contributed by atoms with van der Waals surface area (Å²) in [5.41, 5.74) is 0.383. The molecule has 1 aliphatic heterocycles. The van der Waals surface area contributed by atoms with E-state index in [1.54, 1.807) is 13.8 Å². The van der Waals surface area contributed by atoms with Gasteiger partial charge in [0.15, 0.2) is 5.13 Å². The van der Waals surface area contributed by atoms with E-state index in [4.69, 9.17) is 5.11 Å². The number of nitrogens with one attached hydrogen (secondary N) is 1. The van der Waals surface area contributed by atoms with Gasteiger partial charge in [-0.1, -0.05) is 11.3 Å². The normalized spacial score (nSPS) is 19.9. The molecule has 0 radical (unpaired) electrons. The average Bonchev–Trinajstić information content (AvgIpc) is 2.65. The van der Waals surface area contributed by atoms with Crippen molar-refractivity contribution < 1.29 is 19.5 Å². The molecule has 2 N–H and O–H groups in total. The van der Waals surface area contributed by atoms with Crippen molar-refractivity contribution >= 4 is 34.3 Å². The van der Waals surface area contributed by atoms with E-state index in [0.717, 1.165) is 11.3 Å². The van der Waals surface area contributed by atoms with Crippen LogP contribution in [-0.4, -0.2) is 40.5 Å². The third-order valence-electron chi connectivity index (χ3n) is 2.65. The number of thiazole rings is 1. The van der Waals surface area contributed by atoms with Crippen LogP contribution in [0.25, 0.3) is 0 Å². The molecule has 1 fully saturated rings. The number of hydrogen-bond acceptors (Lipinski definition) is 6. The maximum Gasteiger partial charge on any atom is 0.347 e. The molecule has 18 heavy (non-hydrogen) atoms. The van der Waals surface area contributed by atoms with E-state index in [-0.39, 0.29) is 11.4 Å². The summed E-state index contributed by atoms with van der Waals surface area (Å²) in [4.78, 5) is 39.5. The number of imide groups is 1. The first kappa shape index (κ1) is 12.5. The topological polar surface area (TPSA) is 99.6 Å². The van der Waals surface area contributed by atoms with Gasteiger partial charge in [0, 0.05) is 0 Å². The molecule has 0 aromatic carbocycles. The zero-order valence-corrected chi connectivity index (χ0v) is 10.6. The number of amides is 2. The molecule has 1 aliphatic rings. The number of aromatic carboxylic acids is 1. The van der Waals surface area contributed by atoms with Gasteiger partial charge in [0.1, 0.15) is 17.5 Å². The predicted octanol–water partition coefficient (Wildman–Crippen LogP) is 0.00102. The summed E-state index contributed by atoms with van der Waals surface area (Å²) < 4.78 is 0. The Kier molecular flexibility index (Phi) is 3.04. The highest BCUT2D eigenvalue weighted by Crippen LogP contribution is 2.28. The number of aromatic nitrogens is 1. The molecule has 1 aromatic heterocycles. The maximum atomic E-state index is 11.5. The summed E-state index contributed by atoms with van der Waals surface area (Å²) in [5, 5.41) is 11.5. The molecule has 0 bridgehead atoms. The minimum atomic E-state index is -1.06. The highest BCUT2D eigenvalue weighted by molar-refractivity contribution is 7.17. The number of carbonyl (C=O) groups excluding carboxylic acids is 2. The number of carbonyl (C=O) groups is 3. The first-order valence-corrected chi connectivity index (χ1v) is 6.03. The fourth-order valence-electron chi connectivity index (χ4n) is 1.65. The first-order chi connectivity index (χ1) is 8.40. The minimum Gasteiger partial charge on any atom is -0.477 e. The molecule has 7 nitrogen and oxygen atoms in total. The van der Waals surface area contributed by atoms with Crippen molar-refractivity contribution in [3.63, 3.8) is 0 Å². The van der Waals surface area contributed by atoms with Crippen molar-refractivity contribution in [3.05, 3.63) is 10.6 Å². The molecule has 1 atom stereocenters. The molecule has 2 amide bonds. The van der Waals surface area contributed by atoms with Crippen LogP contribution in [0, 0.1) is 6.92 Å². The van der Waals surface area contributed by atoms with Crippen LogP contribution in [0.4, 0.5) is 5.13 Å². The zero-order chi connectivity index (χ0) is 13.4. The molecule has 1 aromatic rings. The lowest BCUT2D eigenvalue weighted by Crippen LogP contribution is -2.57. The summed E-state index contributed by atoms with van der Waals surface area (Å²) >= 11 is 0.965. The number of carboxylic acid groups (broad SMARTS) is 1.